The summed E-state index contributed by atoms with van der Waals surface area (Å²) in [5, 5.41) is 0. The van der Waals surface area contributed by atoms with Crippen molar-refractivity contribution >= 4 is 5.91 Å². The summed E-state index contributed by atoms with van der Waals surface area (Å²) in [6.07, 6.45) is 0.841. The van der Waals surface area contributed by atoms with E-state index in [9.17, 15) is 4.79 Å². The number of rotatable bonds is 6. The molecule has 0 unspecified atom stereocenters. The van der Waals surface area contributed by atoms with Gasteiger partial charge in [0.15, 0.2) is 0 Å². The molecule has 0 fully saturated rings. The van der Waals surface area contributed by atoms with Crippen molar-refractivity contribution in [2.75, 3.05) is 13.1 Å². The lowest BCUT2D eigenvalue weighted by Gasteiger charge is -2.27. The van der Waals surface area contributed by atoms with Crippen LogP contribution in [0.2, 0.25) is 0 Å². The third-order valence-electron chi connectivity index (χ3n) is 3.50. The molecule has 2 nitrogen and oxygen atoms in total. The molecular formula is C18H31NO. The van der Waals surface area contributed by atoms with Gasteiger partial charge in [0.05, 0.1) is 0 Å². The summed E-state index contributed by atoms with van der Waals surface area (Å²) in [5.41, 5.74) is 1.25. The van der Waals surface area contributed by atoms with E-state index in [1.54, 1.807) is 0 Å². The lowest BCUT2D eigenvalue weighted by Crippen LogP contribution is -2.38. The van der Waals surface area contributed by atoms with Gasteiger partial charge in [0.1, 0.15) is 0 Å². The van der Waals surface area contributed by atoms with Gasteiger partial charge in [-0.05, 0) is 31.7 Å². The number of hydrogen-bond donors (Lipinski definition) is 0. The van der Waals surface area contributed by atoms with Crippen LogP contribution in [0.5, 0.6) is 0 Å². The van der Waals surface area contributed by atoms with Crippen LogP contribution in [0.3, 0.4) is 0 Å². The number of nitrogens with zero attached hydrogens (tertiary/aromatic N) is 1. The van der Waals surface area contributed by atoms with Gasteiger partial charge in [0.2, 0.25) is 5.91 Å². The summed E-state index contributed by atoms with van der Waals surface area (Å²) >= 11 is 0. The van der Waals surface area contributed by atoms with Crippen molar-refractivity contribution in [1.82, 2.24) is 4.90 Å². The van der Waals surface area contributed by atoms with Gasteiger partial charge in [0, 0.05) is 19.0 Å². The zero-order chi connectivity index (χ0) is 15.5. The third kappa shape index (κ3) is 5.77. The second kappa shape index (κ2) is 10.5. The van der Waals surface area contributed by atoms with Gasteiger partial charge in [-0.1, -0.05) is 58.0 Å². The Balaban J connectivity index is 0.00000172. The summed E-state index contributed by atoms with van der Waals surface area (Å²) in [6.45, 7) is 14.0. The first kappa shape index (κ1) is 18.7. The molecule has 1 rings (SSSR count). The van der Waals surface area contributed by atoms with E-state index in [4.69, 9.17) is 0 Å². The molecule has 1 aromatic rings. The predicted molar refractivity (Wildman–Crippen MR) is 87.8 cm³/mol. The largest absolute Gasteiger partial charge is 0.343 e. The van der Waals surface area contributed by atoms with Gasteiger partial charge >= 0.3 is 0 Å². The van der Waals surface area contributed by atoms with Crippen LogP contribution in [0.4, 0.5) is 0 Å². The minimum atomic E-state index is 0.0901. The van der Waals surface area contributed by atoms with Crippen molar-refractivity contribution in [3.63, 3.8) is 0 Å². The molecule has 0 bridgehead atoms. The number of carbonyl (C=O) groups is 1. The number of benzene rings is 1. The van der Waals surface area contributed by atoms with E-state index in [1.807, 2.05) is 50.8 Å². The molecule has 1 atom stereocenters. The molecule has 0 aliphatic rings. The zero-order valence-corrected chi connectivity index (χ0v) is 14.0. The molecule has 20 heavy (non-hydrogen) atoms. The van der Waals surface area contributed by atoms with E-state index in [0.717, 1.165) is 19.5 Å². The summed E-state index contributed by atoms with van der Waals surface area (Å²) in [5.74, 6) is 0.754. The highest BCUT2D eigenvalue weighted by atomic mass is 16.2. The van der Waals surface area contributed by atoms with E-state index in [1.165, 1.54) is 5.56 Å². The summed E-state index contributed by atoms with van der Waals surface area (Å²) in [7, 11) is 0. The van der Waals surface area contributed by atoms with Crippen LogP contribution in [-0.4, -0.2) is 23.9 Å². The molecule has 0 aliphatic heterocycles. The molecule has 0 aliphatic carbocycles. The Hall–Kier alpha value is -1.31. The summed E-state index contributed by atoms with van der Waals surface area (Å²) < 4.78 is 0. The number of hydrogen-bond acceptors (Lipinski definition) is 1. The predicted octanol–water partition coefficient (Wildman–Crippen LogP) is 4.40. The molecule has 0 N–H and O–H groups in total. The fourth-order valence-corrected chi connectivity index (χ4v) is 2.25. The standard InChI is InChI=1S/C16H25NO.C2H6/c1-5-17(6-2)16(18)15(13(3)4)12-14-10-8-7-9-11-14;1-2/h7-11,13,15H,5-6,12H2,1-4H3;1-2H3/t15-;/m1./s1. The van der Waals surface area contributed by atoms with Crippen molar-refractivity contribution in [2.45, 2.75) is 48.0 Å². The second-order valence-corrected chi connectivity index (χ2v) is 5.05. The average Bonchev–Trinajstić information content (AvgIpc) is 2.48. The Labute approximate surface area is 125 Å². The highest BCUT2D eigenvalue weighted by molar-refractivity contribution is 5.79. The minimum absolute atomic E-state index is 0.0901. The molecule has 0 saturated carbocycles. The van der Waals surface area contributed by atoms with Crippen LogP contribution < -0.4 is 0 Å². The van der Waals surface area contributed by atoms with Crippen molar-refractivity contribution in [2.24, 2.45) is 11.8 Å². The molecule has 0 spiro atoms. The normalized spacial score (nSPS) is 11.6. The van der Waals surface area contributed by atoms with Gasteiger partial charge < -0.3 is 4.90 Å². The molecular weight excluding hydrogens is 246 g/mol. The first-order chi connectivity index (χ1) is 9.60. The Kier molecular flexibility index (Phi) is 9.79. The highest BCUT2D eigenvalue weighted by Crippen LogP contribution is 2.20. The lowest BCUT2D eigenvalue weighted by molar-refractivity contribution is -0.136. The maximum absolute atomic E-state index is 12.5. The van der Waals surface area contributed by atoms with Crippen molar-refractivity contribution in [3.05, 3.63) is 35.9 Å². The van der Waals surface area contributed by atoms with Crippen molar-refractivity contribution in [3.8, 4) is 0 Å². The maximum Gasteiger partial charge on any atom is 0.226 e. The van der Waals surface area contributed by atoms with E-state index in [-0.39, 0.29) is 5.92 Å². The van der Waals surface area contributed by atoms with Crippen LogP contribution in [-0.2, 0) is 11.2 Å². The highest BCUT2D eigenvalue weighted by Gasteiger charge is 2.25. The summed E-state index contributed by atoms with van der Waals surface area (Å²) in [4.78, 5) is 14.4. The van der Waals surface area contributed by atoms with Crippen LogP contribution in [0.1, 0.15) is 47.1 Å². The Bertz CT molecular complexity index is 355. The van der Waals surface area contributed by atoms with E-state index >= 15 is 0 Å². The Morgan fingerprint density at radius 3 is 1.95 bits per heavy atom. The third-order valence-corrected chi connectivity index (χ3v) is 3.50. The Morgan fingerprint density at radius 1 is 1.05 bits per heavy atom. The topological polar surface area (TPSA) is 20.3 Å². The van der Waals surface area contributed by atoms with Gasteiger partial charge in [0.25, 0.3) is 0 Å². The first-order valence-corrected chi connectivity index (χ1v) is 7.92. The van der Waals surface area contributed by atoms with Crippen LogP contribution in [0.25, 0.3) is 0 Å². The minimum Gasteiger partial charge on any atom is -0.343 e. The molecule has 1 amide bonds. The fourth-order valence-electron chi connectivity index (χ4n) is 2.25. The van der Waals surface area contributed by atoms with E-state index in [2.05, 4.69) is 26.0 Å². The van der Waals surface area contributed by atoms with Gasteiger partial charge in [-0.2, -0.15) is 0 Å². The molecule has 0 heterocycles. The molecule has 0 saturated heterocycles. The smallest absolute Gasteiger partial charge is 0.226 e. The molecule has 0 radical (unpaired) electrons. The first-order valence-electron chi connectivity index (χ1n) is 7.92. The average molecular weight is 277 g/mol. The molecule has 2 heteroatoms. The zero-order valence-electron chi connectivity index (χ0n) is 14.0. The monoisotopic (exact) mass is 277 g/mol. The van der Waals surface area contributed by atoms with Crippen LogP contribution >= 0.6 is 0 Å². The van der Waals surface area contributed by atoms with Crippen molar-refractivity contribution < 1.29 is 4.79 Å². The molecule has 1 aromatic carbocycles. The van der Waals surface area contributed by atoms with Gasteiger partial charge in [-0.15, -0.1) is 0 Å². The number of amides is 1. The van der Waals surface area contributed by atoms with E-state index in [0.29, 0.717) is 11.8 Å². The van der Waals surface area contributed by atoms with E-state index < -0.39 is 0 Å². The number of carbonyl (C=O) groups excluding carboxylic acids is 1. The quantitative estimate of drug-likeness (QED) is 0.755. The molecule has 114 valence electrons. The fraction of sp³-hybridized carbons (Fsp3) is 0.611. The molecule has 0 aromatic heterocycles. The van der Waals surface area contributed by atoms with Gasteiger partial charge in [-0.25, -0.2) is 0 Å². The van der Waals surface area contributed by atoms with Crippen LogP contribution in [0.15, 0.2) is 30.3 Å². The maximum atomic E-state index is 12.5. The summed E-state index contributed by atoms with van der Waals surface area (Å²) in [6, 6.07) is 10.3. The van der Waals surface area contributed by atoms with Gasteiger partial charge in [-0.3, -0.25) is 4.79 Å². The second-order valence-electron chi connectivity index (χ2n) is 5.05. The Morgan fingerprint density at radius 2 is 1.55 bits per heavy atom. The lowest BCUT2D eigenvalue weighted by atomic mass is 9.88. The van der Waals surface area contributed by atoms with Crippen molar-refractivity contribution in [1.29, 1.82) is 0 Å². The van der Waals surface area contributed by atoms with Crippen LogP contribution in [0, 0.1) is 11.8 Å². The SMILES string of the molecule is CC.CCN(CC)C(=O)[C@H](Cc1ccccc1)C(C)C.